The molecular weight excluding hydrogens is 304 g/mol. The Labute approximate surface area is 141 Å². The van der Waals surface area contributed by atoms with Crippen molar-refractivity contribution < 1.29 is 9.59 Å². The Balaban J connectivity index is 1.83. The highest BCUT2D eigenvalue weighted by Crippen LogP contribution is 2.36. The van der Waals surface area contributed by atoms with Gasteiger partial charge in [-0.25, -0.2) is 0 Å². The molecule has 1 fully saturated rings. The van der Waals surface area contributed by atoms with E-state index in [-0.39, 0.29) is 23.8 Å². The summed E-state index contributed by atoms with van der Waals surface area (Å²) in [6.07, 6.45) is 2.77. The molecule has 6 heteroatoms. The summed E-state index contributed by atoms with van der Waals surface area (Å²) in [5.41, 5.74) is 0.979. The smallest absolute Gasteiger partial charge is 0.231 e. The van der Waals surface area contributed by atoms with Crippen LogP contribution in [0, 0.1) is 5.92 Å². The fraction of sp³-hybridized carbons (Fsp3) is 0.389. The number of aromatic nitrogens is 2. The zero-order valence-electron chi connectivity index (χ0n) is 14.0. The molecule has 3 rings (SSSR count). The van der Waals surface area contributed by atoms with Gasteiger partial charge in [0.1, 0.15) is 0 Å². The van der Waals surface area contributed by atoms with Crippen molar-refractivity contribution in [2.24, 2.45) is 5.92 Å². The number of rotatable bonds is 4. The summed E-state index contributed by atoms with van der Waals surface area (Å²) in [6.45, 7) is 2.74. The molecule has 2 heterocycles. The van der Waals surface area contributed by atoms with Crippen molar-refractivity contribution in [1.82, 2.24) is 14.7 Å². The van der Waals surface area contributed by atoms with Gasteiger partial charge in [-0.05, 0) is 18.9 Å². The number of likely N-dealkylation sites (tertiary alicyclic amines) is 1. The first-order chi connectivity index (χ1) is 11.6. The number of hydrogen-bond acceptors (Lipinski definition) is 3. The molecule has 0 unspecified atom stereocenters. The minimum Gasteiger partial charge on any atom is -0.338 e. The minimum atomic E-state index is -0.290. The van der Waals surface area contributed by atoms with E-state index in [9.17, 15) is 9.59 Å². The number of anilines is 1. The maximum absolute atomic E-state index is 12.8. The fourth-order valence-corrected chi connectivity index (χ4v) is 3.24. The van der Waals surface area contributed by atoms with Crippen molar-refractivity contribution in [1.29, 1.82) is 0 Å². The molecule has 0 saturated carbocycles. The Morgan fingerprint density at radius 2 is 2.04 bits per heavy atom. The van der Waals surface area contributed by atoms with E-state index in [2.05, 4.69) is 10.4 Å². The molecule has 0 spiro atoms. The molecule has 24 heavy (non-hydrogen) atoms. The molecule has 1 aromatic carbocycles. The van der Waals surface area contributed by atoms with Crippen molar-refractivity contribution in [3.8, 4) is 0 Å². The normalized spacial score (nSPS) is 20.9. The Hall–Kier alpha value is -2.63. The maximum Gasteiger partial charge on any atom is 0.231 e. The van der Waals surface area contributed by atoms with Crippen molar-refractivity contribution in [2.75, 3.05) is 12.4 Å². The monoisotopic (exact) mass is 326 g/mol. The van der Waals surface area contributed by atoms with E-state index in [1.165, 1.54) is 0 Å². The number of carbonyl (C=O) groups excluding carboxylic acids is 2. The van der Waals surface area contributed by atoms with Crippen LogP contribution in [0.4, 0.5) is 5.82 Å². The molecule has 6 nitrogen and oxygen atoms in total. The number of benzene rings is 1. The molecule has 1 aliphatic heterocycles. The first-order valence-corrected chi connectivity index (χ1v) is 8.25. The van der Waals surface area contributed by atoms with Gasteiger partial charge in [-0.2, -0.15) is 5.10 Å². The predicted octanol–water partition coefficient (Wildman–Crippen LogP) is 2.45. The van der Waals surface area contributed by atoms with Crippen LogP contribution in [0.5, 0.6) is 0 Å². The van der Waals surface area contributed by atoms with E-state index >= 15 is 0 Å². The van der Waals surface area contributed by atoms with Gasteiger partial charge >= 0.3 is 0 Å². The second kappa shape index (κ2) is 6.86. The van der Waals surface area contributed by atoms with Gasteiger partial charge in [0.15, 0.2) is 5.82 Å². The van der Waals surface area contributed by atoms with E-state index < -0.39 is 0 Å². The summed E-state index contributed by atoms with van der Waals surface area (Å²) in [6, 6.07) is 11.3. The van der Waals surface area contributed by atoms with Crippen molar-refractivity contribution in [3.63, 3.8) is 0 Å². The van der Waals surface area contributed by atoms with E-state index in [0.29, 0.717) is 18.7 Å². The lowest BCUT2D eigenvalue weighted by Gasteiger charge is -2.38. The molecule has 1 aromatic heterocycles. The Morgan fingerprint density at radius 1 is 1.29 bits per heavy atom. The quantitative estimate of drug-likeness (QED) is 0.938. The summed E-state index contributed by atoms with van der Waals surface area (Å²) in [5, 5.41) is 7.19. The van der Waals surface area contributed by atoms with Crippen LogP contribution in [0.25, 0.3) is 0 Å². The van der Waals surface area contributed by atoms with Crippen LogP contribution in [0.2, 0.25) is 0 Å². The first kappa shape index (κ1) is 16.2. The van der Waals surface area contributed by atoms with Gasteiger partial charge < -0.3 is 10.2 Å². The zero-order chi connectivity index (χ0) is 17.1. The SMILES string of the molecule is CCn1ccc(NC(=O)[C@@H]2CCC(=O)N(C)[C@H]2c2ccccc2)n1. The fourth-order valence-electron chi connectivity index (χ4n) is 3.24. The van der Waals surface area contributed by atoms with Crippen molar-refractivity contribution in [2.45, 2.75) is 32.4 Å². The van der Waals surface area contributed by atoms with Gasteiger partial charge in [0, 0.05) is 32.3 Å². The number of aryl methyl sites for hydroxylation is 1. The third-order valence-electron chi connectivity index (χ3n) is 4.55. The lowest BCUT2D eigenvalue weighted by molar-refractivity contribution is -0.140. The first-order valence-electron chi connectivity index (χ1n) is 8.25. The van der Waals surface area contributed by atoms with Crippen molar-refractivity contribution in [3.05, 3.63) is 48.2 Å². The molecule has 126 valence electrons. The van der Waals surface area contributed by atoms with E-state index in [0.717, 1.165) is 12.1 Å². The van der Waals surface area contributed by atoms with Crippen LogP contribution in [0.3, 0.4) is 0 Å². The molecule has 2 amide bonds. The van der Waals surface area contributed by atoms with E-state index in [1.54, 1.807) is 22.7 Å². The number of amides is 2. The van der Waals surface area contributed by atoms with Crippen LogP contribution in [-0.2, 0) is 16.1 Å². The number of hydrogen-bond donors (Lipinski definition) is 1. The standard InChI is InChI=1S/C18H22N4O2/c1-3-22-12-11-15(20-22)19-18(24)14-9-10-16(23)21(2)17(14)13-7-5-4-6-8-13/h4-8,11-12,14,17H,3,9-10H2,1-2H3,(H,19,20,24)/t14-,17+/m1/s1. The highest BCUT2D eigenvalue weighted by Gasteiger charge is 2.38. The number of carbonyl (C=O) groups is 2. The highest BCUT2D eigenvalue weighted by atomic mass is 16.2. The Morgan fingerprint density at radius 3 is 2.71 bits per heavy atom. The van der Waals surface area contributed by atoms with Gasteiger partial charge in [-0.15, -0.1) is 0 Å². The number of nitrogens with zero attached hydrogens (tertiary/aromatic N) is 3. The van der Waals surface area contributed by atoms with E-state index in [1.807, 2.05) is 43.5 Å². The van der Waals surface area contributed by atoms with E-state index in [4.69, 9.17) is 0 Å². The molecule has 2 aromatic rings. The molecule has 1 N–H and O–H groups in total. The molecular formula is C18H22N4O2. The van der Waals surface area contributed by atoms with Crippen LogP contribution < -0.4 is 5.32 Å². The molecule has 0 aliphatic carbocycles. The van der Waals surface area contributed by atoms with Crippen molar-refractivity contribution >= 4 is 17.6 Å². The second-order valence-electron chi connectivity index (χ2n) is 6.05. The van der Waals surface area contributed by atoms with Gasteiger partial charge in [-0.1, -0.05) is 30.3 Å². The van der Waals surface area contributed by atoms with Gasteiger partial charge in [0.25, 0.3) is 0 Å². The number of nitrogens with one attached hydrogen (secondary N) is 1. The summed E-state index contributed by atoms with van der Waals surface area (Å²) in [5.74, 6) is 0.239. The Bertz CT molecular complexity index is 726. The lowest BCUT2D eigenvalue weighted by Crippen LogP contribution is -2.44. The van der Waals surface area contributed by atoms with Gasteiger partial charge in [0.2, 0.25) is 11.8 Å². The summed E-state index contributed by atoms with van der Waals surface area (Å²) < 4.78 is 1.76. The molecule has 2 atom stereocenters. The van der Waals surface area contributed by atoms with Crippen LogP contribution in [0.15, 0.2) is 42.6 Å². The molecule has 1 saturated heterocycles. The topological polar surface area (TPSA) is 67.2 Å². The maximum atomic E-state index is 12.8. The second-order valence-corrected chi connectivity index (χ2v) is 6.05. The zero-order valence-corrected chi connectivity index (χ0v) is 14.0. The predicted molar refractivity (Wildman–Crippen MR) is 91.2 cm³/mol. The summed E-state index contributed by atoms with van der Waals surface area (Å²) in [7, 11) is 1.77. The lowest BCUT2D eigenvalue weighted by atomic mass is 9.84. The van der Waals surface area contributed by atoms with Crippen LogP contribution >= 0.6 is 0 Å². The van der Waals surface area contributed by atoms with Crippen LogP contribution in [-0.4, -0.2) is 33.5 Å². The van der Waals surface area contributed by atoms with Gasteiger partial charge in [0.05, 0.1) is 12.0 Å². The largest absolute Gasteiger partial charge is 0.338 e. The third-order valence-corrected chi connectivity index (χ3v) is 4.55. The summed E-state index contributed by atoms with van der Waals surface area (Å²) >= 11 is 0. The molecule has 0 bridgehead atoms. The van der Waals surface area contributed by atoms with Gasteiger partial charge in [-0.3, -0.25) is 14.3 Å². The summed E-state index contributed by atoms with van der Waals surface area (Å²) in [4.78, 5) is 26.6. The highest BCUT2D eigenvalue weighted by molar-refractivity contribution is 5.93. The third kappa shape index (κ3) is 3.18. The average Bonchev–Trinajstić information content (AvgIpc) is 3.05. The Kier molecular flexibility index (Phi) is 4.64. The minimum absolute atomic E-state index is 0.0724. The molecule has 1 aliphatic rings. The molecule has 0 radical (unpaired) electrons. The number of piperidine rings is 1. The average molecular weight is 326 g/mol. The van der Waals surface area contributed by atoms with Crippen LogP contribution in [0.1, 0.15) is 31.4 Å².